The van der Waals surface area contributed by atoms with Crippen LogP contribution in [0.3, 0.4) is 0 Å². The summed E-state index contributed by atoms with van der Waals surface area (Å²) in [4.78, 5) is 21.8. The molecule has 34 heavy (non-hydrogen) atoms. The molecule has 0 aliphatic carbocycles. The Morgan fingerprint density at radius 1 is 1.09 bits per heavy atom. The minimum absolute atomic E-state index is 0.109. The quantitative estimate of drug-likeness (QED) is 0.591. The molecule has 10 nitrogen and oxygen atoms in total. The molecule has 3 aromatic rings. The second-order valence-corrected chi connectivity index (χ2v) is 11.0. The molecule has 0 bridgehead atoms. The van der Waals surface area contributed by atoms with Crippen molar-refractivity contribution in [3.05, 3.63) is 59.5 Å². The van der Waals surface area contributed by atoms with Crippen LogP contribution < -0.4 is 5.32 Å². The van der Waals surface area contributed by atoms with Crippen molar-refractivity contribution in [2.45, 2.75) is 38.0 Å². The molecule has 1 amide bonds. The molecule has 2 aromatic heterocycles. The van der Waals surface area contributed by atoms with Gasteiger partial charge in [0.15, 0.2) is 0 Å². The molecule has 0 saturated carbocycles. The van der Waals surface area contributed by atoms with Crippen molar-refractivity contribution in [3.63, 3.8) is 0 Å². The van der Waals surface area contributed by atoms with E-state index in [2.05, 4.69) is 20.4 Å². The smallest absolute Gasteiger partial charge is 0.256 e. The third kappa shape index (κ3) is 4.86. The number of nitrogens with zero attached hydrogens (tertiary/aromatic N) is 5. The van der Waals surface area contributed by atoms with Crippen molar-refractivity contribution >= 4 is 21.7 Å². The van der Waals surface area contributed by atoms with E-state index in [9.17, 15) is 13.2 Å². The number of amides is 1. The summed E-state index contributed by atoms with van der Waals surface area (Å²) in [7, 11) is -3.75. The summed E-state index contributed by atoms with van der Waals surface area (Å²) in [6.45, 7) is 9.01. The molecule has 0 unspecified atom stereocenters. The maximum Gasteiger partial charge on any atom is 0.256 e. The molecule has 1 N–H and O–H groups in total. The van der Waals surface area contributed by atoms with Gasteiger partial charge in [-0.2, -0.15) is 14.1 Å². The van der Waals surface area contributed by atoms with Crippen molar-refractivity contribution in [2.24, 2.45) is 0 Å². The number of hydrogen-bond donors (Lipinski definition) is 1. The highest BCUT2D eigenvalue weighted by atomic mass is 32.2. The van der Waals surface area contributed by atoms with Gasteiger partial charge in [0.2, 0.25) is 10.0 Å². The van der Waals surface area contributed by atoms with Crippen molar-refractivity contribution in [1.82, 2.24) is 24.1 Å². The van der Waals surface area contributed by atoms with Gasteiger partial charge in [0, 0.05) is 42.5 Å². The fourth-order valence-corrected chi connectivity index (χ4v) is 5.18. The number of aryl methyl sites for hydroxylation is 1. The molecule has 1 aliphatic heterocycles. The van der Waals surface area contributed by atoms with Crippen LogP contribution in [0.25, 0.3) is 5.95 Å². The highest BCUT2D eigenvalue weighted by molar-refractivity contribution is 7.89. The molecular weight excluding hydrogens is 456 g/mol. The molecule has 3 heterocycles. The summed E-state index contributed by atoms with van der Waals surface area (Å²) < 4.78 is 34.5. The predicted octanol–water partition coefficient (Wildman–Crippen LogP) is 2.54. The number of hydrogen-bond acceptors (Lipinski definition) is 7. The topological polar surface area (TPSA) is 119 Å². The van der Waals surface area contributed by atoms with E-state index in [0.29, 0.717) is 30.5 Å². The lowest BCUT2D eigenvalue weighted by Crippen LogP contribution is -2.40. The number of ether oxygens (including phenoxy) is 1. The van der Waals surface area contributed by atoms with Gasteiger partial charge >= 0.3 is 0 Å². The molecule has 1 aliphatic rings. The van der Waals surface area contributed by atoms with Crippen LogP contribution >= 0.6 is 0 Å². The average Bonchev–Trinajstić information content (AvgIpc) is 3.25. The van der Waals surface area contributed by atoms with Crippen LogP contribution in [0.2, 0.25) is 0 Å². The third-order valence-electron chi connectivity index (χ3n) is 5.50. The number of sulfonamides is 1. The van der Waals surface area contributed by atoms with Crippen LogP contribution in [0.4, 0.5) is 5.82 Å². The van der Waals surface area contributed by atoms with Gasteiger partial charge in [-0.1, -0.05) is 26.8 Å². The first-order chi connectivity index (χ1) is 16.1. The van der Waals surface area contributed by atoms with Crippen LogP contribution in [0.1, 0.15) is 42.4 Å². The summed E-state index contributed by atoms with van der Waals surface area (Å²) in [6, 6.07) is 8.13. The van der Waals surface area contributed by atoms with Crippen LogP contribution in [0.15, 0.2) is 47.6 Å². The Hall–Kier alpha value is -3.15. The number of carbonyl (C=O) groups excluding carboxylic acids is 1. The Kier molecular flexibility index (Phi) is 6.52. The van der Waals surface area contributed by atoms with Crippen LogP contribution in [-0.2, 0) is 20.2 Å². The number of aromatic nitrogens is 4. The van der Waals surface area contributed by atoms with Gasteiger partial charge in [-0.15, -0.1) is 0 Å². The summed E-state index contributed by atoms with van der Waals surface area (Å²) in [5.74, 6) is 0.239. The van der Waals surface area contributed by atoms with Gasteiger partial charge in [-0.05, 0) is 30.7 Å². The second kappa shape index (κ2) is 9.24. The lowest BCUT2D eigenvalue weighted by molar-refractivity contribution is 0.0730. The number of morpholine rings is 1. The van der Waals surface area contributed by atoms with Gasteiger partial charge in [0.25, 0.3) is 11.9 Å². The van der Waals surface area contributed by atoms with Crippen molar-refractivity contribution in [3.8, 4) is 5.95 Å². The summed E-state index contributed by atoms with van der Waals surface area (Å²) in [6.07, 6.45) is 3.18. The Labute approximate surface area is 199 Å². The predicted molar refractivity (Wildman–Crippen MR) is 127 cm³/mol. The number of nitrogens with one attached hydrogen (secondary N) is 1. The lowest BCUT2D eigenvalue weighted by atomic mass is 9.92. The third-order valence-corrected chi connectivity index (χ3v) is 7.54. The zero-order valence-corrected chi connectivity index (χ0v) is 20.5. The molecule has 1 aromatic carbocycles. The van der Waals surface area contributed by atoms with Crippen molar-refractivity contribution < 1.29 is 17.9 Å². The fraction of sp³-hybridized carbons (Fsp3) is 0.391. The highest BCUT2D eigenvalue weighted by Crippen LogP contribution is 2.27. The van der Waals surface area contributed by atoms with Crippen LogP contribution in [-0.4, -0.2) is 64.7 Å². The molecule has 180 valence electrons. The van der Waals surface area contributed by atoms with E-state index in [1.807, 2.05) is 20.8 Å². The SMILES string of the molecule is Cc1ccc(C(=O)Nc2cc(C(C)(C)C)nn2-c2ncccn2)cc1S(=O)(=O)N1CCOCC1. The maximum atomic E-state index is 13.2. The molecule has 11 heteroatoms. The highest BCUT2D eigenvalue weighted by Gasteiger charge is 2.29. The monoisotopic (exact) mass is 484 g/mol. The zero-order chi connectivity index (χ0) is 24.5. The summed E-state index contributed by atoms with van der Waals surface area (Å²) in [5, 5.41) is 7.44. The molecule has 1 fully saturated rings. The minimum Gasteiger partial charge on any atom is -0.379 e. The Morgan fingerprint density at radius 3 is 2.41 bits per heavy atom. The maximum absolute atomic E-state index is 13.2. The summed E-state index contributed by atoms with van der Waals surface area (Å²) in [5.41, 5.74) is 1.26. The zero-order valence-electron chi connectivity index (χ0n) is 19.6. The lowest BCUT2D eigenvalue weighted by Gasteiger charge is -2.26. The van der Waals surface area contributed by atoms with E-state index in [4.69, 9.17) is 4.74 Å². The summed E-state index contributed by atoms with van der Waals surface area (Å²) >= 11 is 0. The number of carbonyl (C=O) groups is 1. The largest absolute Gasteiger partial charge is 0.379 e. The number of rotatable bonds is 5. The molecule has 0 spiro atoms. The van der Waals surface area contributed by atoms with E-state index >= 15 is 0 Å². The molecule has 0 atom stereocenters. The number of anilines is 1. The fourth-order valence-electron chi connectivity index (χ4n) is 3.52. The standard InChI is InChI=1S/C23H28N6O4S/c1-16-6-7-17(14-18(16)34(31,32)28-10-12-33-13-11-28)21(30)26-20-15-19(23(2,3)4)27-29(20)22-24-8-5-9-25-22/h5-9,14-15H,10-13H2,1-4H3,(H,26,30). The van der Waals surface area contributed by atoms with E-state index in [-0.39, 0.29) is 29.0 Å². The molecule has 0 radical (unpaired) electrons. The van der Waals surface area contributed by atoms with Gasteiger partial charge in [0.05, 0.1) is 23.8 Å². The van der Waals surface area contributed by atoms with Gasteiger partial charge in [0.1, 0.15) is 5.82 Å². The van der Waals surface area contributed by atoms with E-state index in [1.54, 1.807) is 43.6 Å². The van der Waals surface area contributed by atoms with Crippen LogP contribution in [0, 0.1) is 6.92 Å². The van der Waals surface area contributed by atoms with Gasteiger partial charge in [-0.25, -0.2) is 18.4 Å². The molecule has 1 saturated heterocycles. The first kappa shape index (κ1) is 24.0. The Bertz CT molecular complexity index is 1290. The molecule has 4 rings (SSSR count). The Morgan fingerprint density at radius 2 is 1.76 bits per heavy atom. The molecular formula is C23H28N6O4S. The first-order valence-corrected chi connectivity index (χ1v) is 12.4. The van der Waals surface area contributed by atoms with Crippen molar-refractivity contribution in [2.75, 3.05) is 31.6 Å². The second-order valence-electron chi connectivity index (χ2n) is 9.08. The van der Waals surface area contributed by atoms with Gasteiger partial charge < -0.3 is 10.1 Å². The van der Waals surface area contributed by atoms with E-state index < -0.39 is 15.9 Å². The van der Waals surface area contributed by atoms with E-state index in [0.717, 1.165) is 5.69 Å². The van der Waals surface area contributed by atoms with Crippen molar-refractivity contribution in [1.29, 1.82) is 0 Å². The van der Waals surface area contributed by atoms with Gasteiger partial charge in [-0.3, -0.25) is 4.79 Å². The van der Waals surface area contributed by atoms with E-state index in [1.165, 1.54) is 15.1 Å². The average molecular weight is 485 g/mol. The minimum atomic E-state index is -3.75. The number of benzene rings is 1. The first-order valence-electron chi connectivity index (χ1n) is 11.0. The van der Waals surface area contributed by atoms with Crippen LogP contribution in [0.5, 0.6) is 0 Å². The normalized spacial score (nSPS) is 15.3. The Balaban J connectivity index is 1.67.